The zero-order chi connectivity index (χ0) is 31.9. The third kappa shape index (κ3) is 9.86. The van der Waals surface area contributed by atoms with Crippen LogP contribution in [0.15, 0.2) is 54.7 Å². The molecule has 0 aliphatic heterocycles. The Morgan fingerprint density at radius 3 is 2.41 bits per heavy atom. The number of pyridine rings is 1. The second kappa shape index (κ2) is 14.3. The van der Waals surface area contributed by atoms with Gasteiger partial charge in [-0.3, -0.25) is 10.3 Å². The number of aryl methyl sites for hydroxylation is 1. The summed E-state index contributed by atoms with van der Waals surface area (Å²) in [4.78, 5) is 16.8. The second-order valence-electron chi connectivity index (χ2n) is 13.4. The fourth-order valence-electron chi connectivity index (χ4n) is 4.32. The van der Waals surface area contributed by atoms with Gasteiger partial charge in [-0.25, -0.2) is 13.9 Å². The number of rotatable bonds is 13. The molecule has 0 atom stereocenters. The van der Waals surface area contributed by atoms with E-state index in [0.29, 0.717) is 36.9 Å². The molecule has 8 nitrogen and oxygen atoms in total. The molecule has 2 N–H and O–H groups in total. The zero-order valence-electron chi connectivity index (χ0n) is 26.8. The first kappa shape index (κ1) is 33.1. The van der Waals surface area contributed by atoms with E-state index in [0.717, 1.165) is 34.4 Å². The summed E-state index contributed by atoms with van der Waals surface area (Å²) in [6, 6.07) is 16.4. The monoisotopic (exact) mass is 633 g/mol. The van der Waals surface area contributed by atoms with Crippen LogP contribution in [0.3, 0.4) is 0 Å². The highest BCUT2D eigenvalue weighted by atomic mass is 28.3. The summed E-state index contributed by atoms with van der Waals surface area (Å²) >= 11 is 0. The molecule has 0 aliphatic carbocycles. The van der Waals surface area contributed by atoms with Crippen molar-refractivity contribution in [2.24, 2.45) is 0 Å². The van der Waals surface area contributed by atoms with Crippen molar-refractivity contribution >= 4 is 62.4 Å². The molecule has 234 valence electrons. The summed E-state index contributed by atoms with van der Waals surface area (Å²) in [5.74, 6) is -0.428. The van der Waals surface area contributed by atoms with Crippen LogP contribution in [0.5, 0.6) is 0 Å². The number of nitrogens with one attached hydrogen (secondary N) is 2. The number of hydrogen-bond acceptors (Lipinski definition) is 6. The van der Waals surface area contributed by atoms with Gasteiger partial charge in [-0.2, -0.15) is 5.10 Å². The second-order valence-corrected chi connectivity index (χ2v) is 24.6. The normalized spacial score (nSPS) is 12.2. The van der Waals surface area contributed by atoms with Crippen LogP contribution >= 0.6 is 0 Å². The summed E-state index contributed by atoms with van der Waals surface area (Å²) in [6.45, 7) is 16.7. The van der Waals surface area contributed by atoms with Crippen LogP contribution < -0.4 is 10.6 Å². The van der Waals surface area contributed by atoms with Crippen molar-refractivity contribution in [2.45, 2.75) is 65.0 Å². The standard InChI is InChI=1S/C33H44FN5O3Si2/c1-24-20-28(34)31(22-30(24)37-33(40)42-17-19-44(5,6)7)36-26-11-13-27-29(14-12-25-10-8-9-15-35-25)38-39(32(27)21-26)23-41-16-18-43(2,3)4/h8-15,20-22,36H,16-19,23H2,1-7H3,(H,37,40). The zero-order valence-corrected chi connectivity index (χ0v) is 28.8. The van der Waals surface area contributed by atoms with Crippen molar-refractivity contribution < 1.29 is 18.7 Å². The van der Waals surface area contributed by atoms with Crippen LogP contribution in [-0.4, -0.2) is 50.2 Å². The van der Waals surface area contributed by atoms with Crippen LogP contribution in [-0.2, 0) is 16.2 Å². The van der Waals surface area contributed by atoms with Gasteiger partial charge in [0.2, 0.25) is 0 Å². The maximum absolute atomic E-state index is 15.1. The van der Waals surface area contributed by atoms with Crippen molar-refractivity contribution in [3.63, 3.8) is 0 Å². The summed E-state index contributed by atoms with van der Waals surface area (Å²) in [5, 5.41) is 11.7. The average molecular weight is 634 g/mol. The molecule has 0 saturated heterocycles. The molecule has 0 fully saturated rings. The number of halogens is 1. The summed E-state index contributed by atoms with van der Waals surface area (Å²) in [6.07, 6.45) is 5.07. The van der Waals surface area contributed by atoms with E-state index < -0.39 is 28.1 Å². The van der Waals surface area contributed by atoms with Gasteiger partial charge in [0.1, 0.15) is 12.5 Å². The molecule has 44 heavy (non-hydrogen) atoms. The Bertz CT molecular complexity index is 1610. The third-order valence-electron chi connectivity index (χ3n) is 7.00. The first-order valence-electron chi connectivity index (χ1n) is 15.0. The molecule has 1 amide bonds. The third-order valence-corrected chi connectivity index (χ3v) is 10.4. The lowest BCUT2D eigenvalue weighted by Crippen LogP contribution is -2.24. The van der Waals surface area contributed by atoms with Gasteiger partial charge in [0.05, 0.1) is 29.2 Å². The smallest absolute Gasteiger partial charge is 0.411 e. The molecule has 0 spiro atoms. The Hall–Kier alpha value is -3.81. The lowest BCUT2D eigenvalue weighted by Gasteiger charge is -2.16. The topological polar surface area (TPSA) is 90.3 Å². The van der Waals surface area contributed by atoms with Crippen molar-refractivity contribution in [3.05, 3.63) is 77.5 Å². The van der Waals surface area contributed by atoms with E-state index in [2.05, 4.69) is 54.9 Å². The number of benzene rings is 2. The largest absolute Gasteiger partial charge is 0.450 e. The number of anilines is 3. The number of hydrogen-bond donors (Lipinski definition) is 2. The van der Waals surface area contributed by atoms with Gasteiger partial charge in [-0.15, -0.1) is 0 Å². The minimum atomic E-state index is -1.33. The van der Waals surface area contributed by atoms with Gasteiger partial charge < -0.3 is 14.8 Å². The van der Waals surface area contributed by atoms with Gasteiger partial charge in [0, 0.05) is 45.7 Å². The number of nitrogens with zero attached hydrogens (tertiary/aromatic N) is 3. The summed E-state index contributed by atoms with van der Waals surface area (Å²) in [5.41, 5.74) is 4.46. The first-order chi connectivity index (χ1) is 20.8. The van der Waals surface area contributed by atoms with Crippen LogP contribution in [0, 0.1) is 12.7 Å². The Balaban J connectivity index is 1.57. The van der Waals surface area contributed by atoms with Gasteiger partial charge in [0.25, 0.3) is 0 Å². The van der Waals surface area contributed by atoms with Crippen molar-refractivity contribution in [1.82, 2.24) is 14.8 Å². The summed E-state index contributed by atoms with van der Waals surface area (Å²) in [7, 11) is -2.57. The fraction of sp³-hybridized carbons (Fsp3) is 0.364. The molecule has 0 radical (unpaired) electrons. The maximum Gasteiger partial charge on any atom is 0.411 e. The molecule has 2 heterocycles. The van der Waals surface area contributed by atoms with Crippen LogP contribution in [0.25, 0.3) is 23.1 Å². The van der Waals surface area contributed by atoms with E-state index in [9.17, 15) is 4.79 Å². The number of ether oxygens (including phenoxy) is 2. The van der Waals surface area contributed by atoms with E-state index in [-0.39, 0.29) is 5.69 Å². The molecule has 2 aromatic carbocycles. The predicted octanol–water partition coefficient (Wildman–Crippen LogP) is 8.99. The highest BCUT2D eigenvalue weighted by Gasteiger charge is 2.17. The molecule has 4 aromatic rings. The molecule has 0 unspecified atom stereocenters. The number of carbonyl (C=O) groups excluding carboxylic acids is 1. The molecular weight excluding hydrogens is 590 g/mol. The maximum atomic E-state index is 15.1. The number of fused-ring (bicyclic) bond motifs is 1. The Kier molecular flexibility index (Phi) is 10.8. The van der Waals surface area contributed by atoms with Gasteiger partial charge >= 0.3 is 6.09 Å². The quantitative estimate of drug-likeness (QED) is 0.113. The van der Waals surface area contributed by atoms with Gasteiger partial charge in [-0.05, 0) is 79.2 Å². The molecular formula is C33H44FN5O3Si2. The fourth-order valence-corrected chi connectivity index (χ4v) is 5.79. The molecule has 2 aromatic heterocycles. The molecule has 0 aliphatic rings. The van der Waals surface area contributed by atoms with E-state index in [1.807, 2.05) is 53.2 Å². The molecule has 0 bridgehead atoms. The number of amides is 1. The summed E-state index contributed by atoms with van der Waals surface area (Å²) < 4.78 is 28.3. The predicted molar refractivity (Wildman–Crippen MR) is 185 cm³/mol. The van der Waals surface area contributed by atoms with Crippen LogP contribution in [0.1, 0.15) is 17.0 Å². The highest BCUT2D eigenvalue weighted by Crippen LogP contribution is 2.30. The number of carbonyl (C=O) groups is 1. The van der Waals surface area contributed by atoms with Crippen LogP contribution in [0.2, 0.25) is 51.4 Å². The van der Waals surface area contributed by atoms with Crippen LogP contribution in [0.4, 0.5) is 26.2 Å². The van der Waals surface area contributed by atoms with E-state index in [1.165, 1.54) is 6.07 Å². The van der Waals surface area contributed by atoms with E-state index in [4.69, 9.17) is 14.6 Å². The van der Waals surface area contributed by atoms with Gasteiger partial charge in [0.15, 0.2) is 0 Å². The van der Waals surface area contributed by atoms with Crippen molar-refractivity contribution in [2.75, 3.05) is 23.8 Å². The average Bonchev–Trinajstić information content (AvgIpc) is 3.28. The first-order valence-corrected chi connectivity index (χ1v) is 22.4. The number of aromatic nitrogens is 3. The minimum absolute atomic E-state index is 0.236. The Morgan fingerprint density at radius 1 is 0.955 bits per heavy atom. The Labute approximate surface area is 261 Å². The van der Waals surface area contributed by atoms with E-state index >= 15 is 4.39 Å². The van der Waals surface area contributed by atoms with E-state index in [1.54, 1.807) is 19.2 Å². The minimum Gasteiger partial charge on any atom is -0.450 e. The lowest BCUT2D eigenvalue weighted by atomic mass is 10.1. The molecule has 11 heteroatoms. The van der Waals surface area contributed by atoms with Crippen molar-refractivity contribution in [3.8, 4) is 0 Å². The highest BCUT2D eigenvalue weighted by molar-refractivity contribution is 6.76. The Morgan fingerprint density at radius 2 is 1.70 bits per heavy atom. The molecule has 4 rings (SSSR count). The lowest BCUT2D eigenvalue weighted by molar-refractivity contribution is 0.0816. The van der Waals surface area contributed by atoms with Gasteiger partial charge in [-0.1, -0.05) is 45.3 Å². The van der Waals surface area contributed by atoms with Crippen molar-refractivity contribution in [1.29, 1.82) is 0 Å². The molecule has 0 saturated carbocycles. The SMILES string of the molecule is Cc1cc(F)c(Nc2ccc3c(C=Cc4ccccn4)nn(COCC[Si](C)(C)C)c3c2)cc1NC(=O)OCC[Si](C)(C)C.